The Kier molecular flexibility index (Phi) is 3.86. The number of amides is 1. The third-order valence-electron chi connectivity index (χ3n) is 5.37. The van der Waals surface area contributed by atoms with E-state index in [1.54, 1.807) is 9.58 Å². The van der Waals surface area contributed by atoms with E-state index < -0.39 is 0 Å². The molecule has 0 spiro atoms. The molecule has 0 atom stereocenters. The predicted molar refractivity (Wildman–Crippen MR) is 109 cm³/mol. The van der Waals surface area contributed by atoms with Gasteiger partial charge in [-0.15, -0.1) is 0 Å². The second-order valence-electron chi connectivity index (χ2n) is 7.05. The van der Waals surface area contributed by atoms with Crippen LogP contribution in [0.2, 0.25) is 0 Å². The Balaban J connectivity index is 1.50. The first-order chi connectivity index (χ1) is 13.7. The summed E-state index contributed by atoms with van der Waals surface area (Å²) in [6.07, 6.45) is 0.640. The number of carbonyl (C=O) groups excluding carboxylic acids is 1. The van der Waals surface area contributed by atoms with Gasteiger partial charge in [-0.3, -0.25) is 14.7 Å². The molecule has 1 amide bonds. The van der Waals surface area contributed by atoms with Gasteiger partial charge in [0.1, 0.15) is 0 Å². The molecular formula is C23H19N3O2. The molecule has 1 aromatic heterocycles. The quantitative estimate of drug-likeness (QED) is 0.588. The number of H-pyrrole nitrogens is 1. The van der Waals surface area contributed by atoms with Gasteiger partial charge in [0.05, 0.1) is 17.8 Å². The molecular weight excluding hydrogens is 350 g/mol. The van der Waals surface area contributed by atoms with Crippen LogP contribution in [0.3, 0.4) is 0 Å². The minimum absolute atomic E-state index is 0.0330. The van der Waals surface area contributed by atoms with Gasteiger partial charge in [0.2, 0.25) is 0 Å². The van der Waals surface area contributed by atoms with Crippen LogP contribution in [0.1, 0.15) is 21.6 Å². The van der Waals surface area contributed by atoms with Gasteiger partial charge < -0.3 is 4.90 Å². The van der Waals surface area contributed by atoms with E-state index in [9.17, 15) is 9.59 Å². The van der Waals surface area contributed by atoms with Gasteiger partial charge in [-0.25, -0.2) is 4.68 Å². The van der Waals surface area contributed by atoms with Gasteiger partial charge in [-0.1, -0.05) is 54.6 Å². The Morgan fingerprint density at radius 3 is 2.50 bits per heavy atom. The lowest BCUT2D eigenvalue weighted by atomic mass is 10.0. The number of benzene rings is 3. The molecule has 0 radical (unpaired) electrons. The first-order valence-electron chi connectivity index (χ1n) is 9.37. The monoisotopic (exact) mass is 369 g/mol. The second-order valence-corrected chi connectivity index (χ2v) is 7.05. The van der Waals surface area contributed by atoms with Crippen molar-refractivity contribution in [2.75, 3.05) is 6.54 Å². The Labute approximate surface area is 161 Å². The molecule has 2 heterocycles. The zero-order chi connectivity index (χ0) is 19.1. The molecule has 0 unspecified atom stereocenters. The highest BCUT2D eigenvalue weighted by Crippen LogP contribution is 2.23. The standard InChI is InChI=1S/C23H19N3O2/c27-22(19-12-6-8-16-7-4-5-11-18(16)19)25-14-13-21-20(15-25)23(28)26(24-21)17-9-2-1-3-10-17/h1-12,24H,13-15H2. The van der Waals surface area contributed by atoms with Gasteiger partial charge in [0, 0.05) is 24.2 Å². The van der Waals surface area contributed by atoms with Crippen molar-refractivity contribution >= 4 is 16.7 Å². The highest BCUT2D eigenvalue weighted by atomic mass is 16.2. The van der Waals surface area contributed by atoms with Crippen molar-refractivity contribution in [3.8, 4) is 5.69 Å². The van der Waals surface area contributed by atoms with Crippen molar-refractivity contribution in [1.29, 1.82) is 0 Å². The fourth-order valence-corrected chi connectivity index (χ4v) is 3.92. The molecule has 138 valence electrons. The summed E-state index contributed by atoms with van der Waals surface area (Å²) in [5, 5.41) is 5.20. The first-order valence-corrected chi connectivity index (χ1v) is 9.37. The van der Waals surface area contributed by atoms with Gasteiger partial charge >= 0.3 is 0 Å². The molecule has 1 aliphatic heterocycles. The van der Waals surface area contributed by atoms with Crippen LogP contribution in [-0.2, 0) is 13.0 Å². The number of aromatic amines is 1. The van der Waals surface area contributed by atoms with E-state index in [1.807, 2.05) is 72.8 Å². The number of aromatic nitrogens is 2. The third-order valence-corrected chi connectivity index (χ3v) is 5.37. The minimum Gasteiger partial charge on any atom is -0.334 e. The Morgan fingerprint density at radius 2 is 1.64 bits per heavy atom. The molecule has 0 aliphatic carbocycles. The number of rotatable bonds is 2. The number of hydrogen-bond acceptors (Lipinski definition) is 2. The van der Waals surface area contributed by atoms with E-state index >= 15 is 0 Å². The fraction of sp³-hybridized carbons (Fsp3) is 0.130. The predicted octanol–water partition coefficient (Wildman–Crippen LogP) is 3.52. The largest absolute Gasteiger partial charge is 0.334 e. The van der Waals surface area contributed by atoms with Crippen LogP contribution in [0.5, 0.6) is 0 Å². The molecule has 0 saturated carbocycles. The maximum Gasteiger partial charge on any atom is 0.276 e. The summed E-state index contributed by atoms with van der Waals surface area (Å²) in [5.41, 5.74) is 2.98. The van der Waals surface area contributed by atoms with Crippen LogP contribution in [0.15, 0.2) is 77.6 Å². The van der Waals surface area contributed by atoms with E-state index in [-0.39, 0.29) is 11.5 Å². The van der Waals surface area contributed by atoms with Crippen molar-refractivity contribution in [1.82, 2.24) is 14.7 Å². The number of nitrogens with zero attached hydrogens (tertiary/aromatic N) is 2. The first kappa shape index (κ1) is 16.6. The molecule has 5 nitrogen and oxygen atoms in total. The summed E-state index contributed by atoms with van der Waals surface area (Å²) < 4.78 is 1.57. The van der Waals surface area contributed by atoms with E-state index in [0.29, 0.717) is 30.6 Å². The summed E-state index contributed by atoms with van der Waals surface area (Å²) in [6.45, 7) is 0.913. The van der Waals surface area contributed by atoms with Crippen molar-refractivity contribution in [2.45, 2.75) is 13.0 Å². The maximum absolute atomic E-state index is 13.2. The summed E-state index contributed by atoms with van der Waals surface area (Å²) in [5.74, 6) is -0.0330. The second kappa shape index (κ2) is 6.53. The number of carbonyl (C=O) groups is 1. The van der Waals surface area contributed by atoms with Crippen molar-refractivity contribution in [3.05, 3.63) is 100.0 Å². The lowest BCUT2D eigenvalue weighted by Crippen LogP contribution is -2.37. The topological polar surface area (TPSA) is 58.1 Å². The van der Waals surface area contributed by atoms with Gasteiger partial charge in [0.25, 0.3) is 11.5 Å². The van der Waals surface area contributed by atoms with Crippen LogP contribution in [0.4, 0.5) is 0 Å². The SMILES string of the molecule is O=C(c1cccc2ccccc12)N1CCc2[nH]n(-c3ccccc3)c(=O)c2C1. The number of fused-ring (bicyclic) bond motifs is 2. The highest BCUT2D eigenvalue weighted by molar-refractivity contribution is 6.07. The van der Waals surface area contributed by atoms with Crippen LogP contribution in [-0.4, -0.2) is 27.1 Å². The molecule has 3 aromatic carbocycles. The van der Waals surface area contributed by atoms with E-state index in [2.05, 4.69) is 5.10 Å². The normalized spacial score (nSPS) is 13.5. The molecule has 28 heavy (non-hydrogen) atoms. The van der Waals surface area contributed by atoms with Crippen molar-refractivity contribution in [2.24, 2.45) is 0 Å². The summed E-state index contributed by atoms with van der Waals surface area (Å²) >= 11 is 0. The van der Waals surface area contributed by atoms with Crippen LogP contribution in [0, 0.1) is 0 Å². The lowest BCUT2D eigenvalue weighted by Gasteiger charge is -2.26. The Morgan fingerprint density at radius 1 is 0.893 bits per heavy atom. The smallest absolute Gasteiger partial charge is 0.276 e. The van der Waals surface area contributed by atoms with Crippen LogP contribution >= 0.6 is 0 Å². The average Bonchev–Trinajstić information content (AvgIpc) is 3.09. The van der Waals surface area contributed by atoms with Gasteiger partial charge in [0.15, 0.2) is 0 Å². The third kappa shape index (κ3) is 2.63. The van der Waals surface area contributed by atoms with Crippen LogP contribution < -0.4 is 5.56 Å². The minimum atomic E-state index is -0.0865. The average molecular weight is 369 g/mol. The molecule has 4 aromatic rings. The molecule has 0 bridgehead atoms. The van der Waals surface area contributed by atoms with Gasteiger partial charge in [-0.05, 0) is 29.0 Å². The van der Waals surface area contributed by atoms with E-state index in [1.165, 1.54) is 0 Å². The van der Waals surface area contributed by atoms with Crippen molar-refractivity contribution < 1.29 is 4.79 Å². The van der Waals surface area contributed by atoms with E-state index in [4.69, 9.17) is 0 Å². The lowest BCUT2D eigenvalue weighted by molar-refractivity contribution is 0.0736. The number of para-hydroxylation sites is 1. The zero-order valence-electron chi connectivity index (χ0n) is 15.3. The molecule has 5 heteroatoms. The van der Waals surface area contributed by atoms with Crippen molar-refractivity contribution in [3.63, 3.8) is 0 Å². The molecule has 1 N–H and O–H groups in total. The summed E-state index contributed by atoms with van der Waals surface area (Å²) in [7, 11) is 0. The summed E-state index contributed by atoms with van der Waals surface area (Å²) in [6, 6.07) is 23.2. The number of hydrogen-bond donors (Lipinski definition) is 1. The Bertz CT molecular complexity index is 1230. The summed E-state index contributed by atoms with van der Waals surface area (Å²) in [4.78, 5) is 27.9. The van der Waals surface area contributed by atoms with E-state index in [0.717, 1.165) is 22.2 Å². The highest BCUT2D eigenvalue weighted by Gasteiger charge is 2.27. The number of nitrogens with one attached hydrogen (secondary N) is 1. The molecule has 1 aliphatic rings. The molecule has 0 saturated heterocycles. The molecule has 5 rings (SSSR count). The Hall–Kier alpha value is -3.60. The van der Waals surface area contributed by atoms with Gasteiger partial charge in [-0.2, -0.15) is 0 Å². The maximum atomic E-state index is 13.2. The van der Waals surface area contributed by atoms with Crippen LogP contribution in [0.25, 0.3) is 16.5 Å². The fourth-order valence-electron chi connectivity index (χ4n) is 3.92. The zero-order valence-corrected chi connectivity index (χ0v) is 15.3. The molecule has 0 fully saturated rings.